The van der Waals surface area contributed by atoms with Crippen LogP contribution >= 0.6 is 0 Å². The standard InChI is InChI=1S/C6H7N5O2/c1-2-8-4-3(11(2)13)5(12)10-6(7)9-4/h13H,1H3,(H3,7,9,10,12). The number of anilines is 1. The van der Waals surface area contributed by atoms with Gasteiger partial charge in [-0.2, -0.15) is 9.71 Å². The zero-order chi connectivity index (χ0) is 9.59. The lowest BCUT2D eigenvalue weighted by molar-refractivity contribution is 0.190. The fourth-order valence-electron chi connectivity index (χ4n) is 1.10. The Balaban J connectivity index is 3.03. The van der Waals surface area contributed by atoms with Crippen molar-refractivity contribution in [1.82, 2.24) is 19.7 Å². The summed E-state index contributed by atoms with van der Waals surface area (Å²) < 4.78 is 0.681. The second-order valence-corrected chi connectivity index (χ2v) is 2.59. The summed E-state index contributed by atoms with van der Waals surface area (Å²) in [5.74, 6) is 0.272. The van der Waals surface area contributed by atoms with Crippen LogP contribution in [0.5, 0.6) is 0 Å². The largest absolute Gasteiger partial charge is 0.426 e. The van der Waals surface area contributed by atoms with Crippen LogP contribution in [0.3, 0.4) is 0 Å². The third-order valence-corrected chi connectivity index (χ3v) is 1.68. The van der Waals surface area contributed by atoms with Crippen LogP contribution in [0.2, 0.25) is 0 Å². The Hall–Kier alpha value is -2.05. The van der Waals surface area contributed by atoms with Gasteiger partial charge in [0.15, 0.2) is 11.2 Å². The molecular weight excluding hydrogens is 174 g/mol. The van der Waals surface area contributed by atoms with Crippen LogP contribution in [0.15, 0.2) is 4.79 Å². The first-order valence-electron chi connectivity index (χ1n) is 3.53. The van der Waals surface area contributed by atoms with Crippen LogP contribution < -0.4 is 11.3 Å². The number of nitrogens with one attached hydrogen (secondary N) is 1. The predicted octanol–water partition coefficient (Wildman–Crippen LogP) is -0.752. The zero-order valence-electron chi connectivity index (χ0n) is 6.77. The molecule has 68 valence electrons. The molecule has 13 heavy (non-hydrogen) atoms. The second kappa shape index (κ2) is 2.22. The van der Waals surface area contributed by atoms with Crippen LogP contribution in [0.25, 0.3) is 11.2 Å². The number of rotatable bonds is 0. The molecule has 0 fully saturated rings. The maximum atomic E-state index is 11.2. The summed E-state index contributed by atoms with van der Waals surface area (Å²) in [4.78, 5) is 21.1. The van der Waals surface area contributed by atoms with Gasteiger partial charge in [-0.3, -0.25) is 9.78 Å². The number of nitrogen functional groups attached to an aromatic ring is 1. The van der Waals surface area contributed by atoms with Gasteiger partial charge in [-0.15, -0.1) is 0 Å². The van der Waals surface area contributed by atoms with Crippen molar-refractivity contribution >= 4 is 17.1 Å². The predicted molar refractivity (Wildman–Crippen MR) is 44.5 cm³/mol. The van der Waals surface area contributed by atoms with E-state index in [1.165, 1.54) is 0 Å². The molecule has 2 aromatic heterocycles. The number of imidazole rings is 1. The van der Waals surface area contributed by atoms with Gasteiger partial charge < -0.3 is 10.9 Å². The summed E-state index contributed by atoms with van der Waals surface area (Å²) in [5.41, 5.74) is 4.92. The Kier molecular flexibility index (Phi) is 1.30. The summed E-state index contributed by atoms with van der Waals surface area (Å²) in [6.45, 7) is 1.55. The molecule has 0 amide bonds. The van der Waals surface area contributed by atoms with Gasteiger partial charge in [0.1, 0.15) is 5.82 Å². The Morgan fingerprint density at radius 2 is 2.23 bits per heavy atom. The molecule has 0 atom stereocenters. The first kappa shape index (κ1) is 7.59. The number of hydrogen-bond acceptors (Lipinski definition) is 5. The fraction of sp³-hybridized carbons (Fsp3) is 0.167. The quantitative estimate of drug-likeness (QED) is 0.463. The van der Waals surface area contributed by atoms with E-state index in [-0.39, 0.29) is 17.1 Å². The van der Waals surface area contributed by atoms with Crippen LogP contribution in [-0.4, -0.2) is 24.9 Å². The first-order chi connectivity index (χ1) is 6.09. The van der Waals surface area contributed by atoms with Crippen molar-refractivity contribution in [2.45, 2.75) is 6.92 Å². The van der Waals surface area contributed by atoms with Gasteiger partial charge >= 0.3 is 0 Å². The van der Waals surface area contributed by atoms with Crippen molar-refractivity contribution in [3.63, 3.8) is 0 Å². The van der Waals surface area contributed by atoms with E-state index in [4.69, 9.17) is 5.73 Å². The summed E-state index contributed by atoms with van der Waals surface area (Å²) in [6.07, 6.45) is 0. The highest BCUT2D eigenvalue weighted by Crippen LogP contribution is 2.06. The first-order valence-corrected chi connectivity index (χ1v) is 3.53. The smallest absolute Gasteiger partial charge is 0.282 e. The SMILES string of the molecule is Cc1nc2nc(N)[nH]c(=O)c2n1O. The van der Waals surface area contributed by atoms with E-state index in [0.29, 0.717) is 10.6 Å². The minimum Gasteiger partial charge on any atom is -0.426 e. The van der Waals surface area contributed by atoms with Crippen molar-refractivity contribution in [1.29, 1.82) is 0 Å². The minimum atomic E-state index is -0.509. The van der Waals surface area contributed by atoms with Crippen LogP contribution in [-0.2, 0) is 0 Å². The molecule has 0 aliphatic rings. The average Bonchev–Trinajstić information content (AvgIpc) is 2.27. The number of aromatic amines is 1. The normalized spacial score (nSPS) is 10.8. The van der Waals surface area contributed by atoms with Crippen molar-refractivity contribution in [2.24, 2.45) is 0 Å². The number of aryl methyl sites for hydroxylation is 1. The highest BCUT2D eigenvalue weighted by Gasteiger charge is 2.11. The van der Waals surface area contributed by atoms with Crippen LogP contribution in [0.1, 0.15) is 5.82 Å². The van der Waals surface area contributed by atoms with Gasteiger partial charge in [0.2, 0.25) is 5.95 Å². The van der Waals surface area contributed by atoms with Gasteiger partial charge in [-0.1, -0.05) is 0 Å². The minimum absolute atomic E-state index is 0.00620. The van der Waals surface area contributed by atoms with Gasteiger partial charge in [0.25, 0.3) is 5.56 Å². The molecule has 2 aromatic rings. The topological polar surface area (TPSA) is 110 Å². The zero-order valence-corrected chi connectivity index (χ0v) is 6.77. The lowest BCUT2D eigenvalue weighted by Crippen LogP contribution is -2.13. The third kappa shape index (κ3) is 0.934. The van der Waals surface area contributed by atoms with Gasteiger partial charge in [0.05, 0.1) is 0 Å². The monoisotopic (exact) mass is 181 g/mol. The highest BCUT2D eigenvalue weighted by atomic mass is 16.5. The number of fused-ring (bicyclic) bond motifs is 1. The van der Waals surface area contributed by atoms with Crippen molar-refractivity contribution in [3.8, 4) is 0 Å². The van der Waals surface area contributed by atoms with E-state index in [1.807, 2.05) is 0 Å². The maximum absolute atomic E-state index is 11.2. The molecule has 0 unspecified atom stereocenters. The van der Waals surface area contributed by atoms with E-state index in [2.05, 4.69) is 15.0 Å². The summed E-state index contributed by atoms with van der Waals surface area (Å²) in [7, 11) is 0. The fourth-order valence-corrected chi connectivity index (χ4v) is 1.10. The Morgan fingerprint density at radius 1 is 1.54 bits per heavy atom. The molecule has 2 heterocycles. The van der Waals surface area contributed by atoms with E-state index >= 15 is 0 Å². The van der Waals surface area contributed by atoms with E-state index in [0.717, 1.165) is 0 Å². The third-order valence-electron chi connectivity index (χ3n) is 1.68. The molecule has 4 N–H and O–H groups in total. The Bertz CT molecular complexity index is 526. The molecule has 0 aromatic carbocycles. The van der Waals surface area contributed by atoms with E-state index in [1.54, 1.807) is 6.92 Å². The molecule has 2 rings (SSSR count). The van der Waals surface area contributed by atoms with E-state index < -0.39 is 5.56 Å². The molecule has 0 aliphatic heterocycles. The van der Waals surface area contributed by atoms with Gasteiger partial charge in [-0.25, -0.2) is 4.98 Å². The van der Waals surface area contributed by atoms with Crippen molar-refractivity contribution < 1.29 is 5.21 Å². The Labute approximate surface area is 71.8 Å². The molecular formula is C6H7N5O2. The summed E-state index contributed by atoms with van der Waals surface area (Å²) >= 11 is 0. The van der Waals surface area contributed by atoms with Gasteiger partial charge in [0, 0.05) is 0 Å². The lowest BCUT2D eigenvalue weighted by Gasteiger charge is -1.93. The molecule has 7 nitrogen and oxygen atoms in total. The summed E-state index contributed by atoms with van der Waals surface area (Å²) in [5, 5.41) is 9.32. The molecule has 0 aliphatic carbocycles. The molecule has 0 saturated heterocycles. The van der Waals surface area contributed by atoms with Gasteiger partial charge in [-0.05, 0) is 6.92 Å². The molecule has 0 radical (unpaired) electrons. The van der Waals surface area contributed by atoms with Crippen LogP contribution in [0, 0.1) is 6.92 Å². The van der Waals surface area contributed by atoms with E-state index in [9.17, 15) is 10.0 Å². The molecule has 0 bridgehead atoms. The second-order valence-electron chi connectivity index (χ2n) is 2.59. The maximum Gasteiger partial charge on any atom is 0.282 e. The lowest BCUT2D eigenvalue weighted by atomic mass is 10.5. The number of aromatic nitrogens is 4. The molecule has 0 spiro atoms. The number of H-pyrrole nitrogens is 1. The van der Waals surface area contributed by atoms with Crippen molar-refractivity contribution in [3.05, 3.63) is 16.2 Å². The molecule has 0 saturated carbocycles. The number of hydrogen-bond donors (Lipinski definition) is 3. The van der Waals surface area contributed by atoms with Crippen molar-refractivity contribution in [2.75, 3.05) is 5.73 Å². The van der Waals surface area contributed by atoms with Crippen LogP contribution in [0.4, 0.5) is 5.95 Å². The number of nitrogens with two attached hydrogens (primary N) is 1. The number of nitrogens with zero attached hydrogens (tertiary/aromatic N) is 3. The summed E-state index contributed by atoms with van der Waals surface area (Å²) in [6, 6.07) is 0. The average molecular weight is 181 g/mol. The Morgan fingerprint density at radius 3 is 2.92 bits per heavy atom. The molecule has 7 heteroatoms. The highest BCUT2D eigenvalue weighted by molar-refractivity contribution is 5.70.